The van der Waals surface area contributed by atoms with Crippen molar-refractivity contribution < 1.29 is 4.74 Å². The van der Waals surface area contributed by atoms with E-state index in [4.69, 9.17) is 4.74 Å². The molecule has 0 heterocycles. The summed E-state index contributed by atoms with van der Waals surface area (Å²) >= 11 is 0. The van der Waals surface area contributed by atoms with Crippen LogP contribution in [0.3, 0.4) is 0 Å². The van der Waals surface area contributed by atoms with Crippen molar-refractivity contribution in [3.8, 4) is 5.75 Å². The topological polar surface area (TPSA) is 24.5 Å². The quantitative estimate of drug-likeness (QED) is 0.767. The fourth-order valence-electron chi connectivity index (χ4n) is 2.02. The maximum Gasteiger partial charge on any atom is 0.123 e. The molecule has 1 rings (SSSR count). The Morgan fingerprint density at radius 2 is 2.06 bits per heavy atom. The van der Waals surface area contributed by atoms with Gasteiger partial charge >= 0.3 is 0 Å². The molecule has 0 amide bonds. The Morgan fingerprint density at radius 1 is 1.33 bits per heavy atom. The minimum absolute atomic E-state index is 0.602. The fraction of sp³-hybridized carbons (Fsp3) is 0.600. The van der Waals surface area contributed by atoms with Gasteiger partial charge in [-0.3, -0.25) is 0 Å². The van der Waals surface area contributed by atoms with Gasteiger partial charge in [0.05, 0.1) is 7.11 Å². The molecule has 1 N–H and O–H groups in total. The molecule has 0 fully saturated rings. The molecule has 0 saturated carbocycles. The van der Waals surface area contributed by atoms with E-state index in [2.05, 4.69) is 36.3 Å². The van der Waals surface area contributed by atoms with Gasteiger partial charge in [-0.1, -0.05) is 18.2 Å². The van der Waals surface area contributed by atoms with Gasteiger partial charge in [0, 0.05) is 18.2 Å². The fourth-order valence-corrected chi connectivity index (χ4v) is 2.02. The first-order valence-corrected chi connectivity index (χ1v) is 6.65. The SMILES string of the molecule is CNC(C)CCCN(C)Cc1ccccc1OC. The van der Waals surface area contributed by atoms with Crippen molar-refractivity contribution in [3.63, 3.8) is 0 Å². The van der Waals surface area contributed by atoms with Crippen LogP contribution in [0.15, 0.2) is 24.3 Å². The summed E-state index contributed by atoms with van der Waals surface area (Å²) in [5.41, 5.74) is 1.25. The lowest BCUT2D eigenvalue weighted by molar-refractivity contribution is 0.305. The van der Waals surface area contributed by atoms with Crippen LogP contribution in [0, 0.1) is 0 Å². The van der Waals surface area contributed by atoms with E-state index in [9.17, 15) is 0 Å². The molecule has 3 heteroatoms. The zero-order valence-corrected chi connectivity index (χ0v) is 12.1. The summed E-state index contributed by atoms with van der Waals surface area (Å²) in [6.07, 6.45) is 2.43. The average Bonchev–Trinajstić information content (AvgIpc) is 2.39. The van der Waals surface area contributed by atoms with Gasteiger partial charge in [0.1, 0.15) is 5.75 Å². The van der Waals surface area contributed by atoms with E-state index in [1.807, 2.05) is 19.2 Å². The second kappa shape index (κ2) is 8.11. The van der Waals surface area contributed by atoms with Crippen LogP contribution in [0.1, 0.15) is 25.3 Å². The summed E-state index contributed by atoms with van der Waals surface area (Å²) in [7, 11) is 5.91. The summed E-state index contributed by atoms with van der Waals surface area (Å²) in [6, 6.07) is 8.83. The zero-order chi connectivity index (χ0) is 13.4. The molecule has 102 valence electrons. The predicted octanol–water partition coefficient (Wildman–Crippen LogP) is 2.52. The Bertz CT molecular complexity index is 341. The minimum atomic E-state index is 0.602. The third-order valence-electron chi connectivity index (χ3n) is 3.30. The molecule has 1 atom stereocenters. The molecule has 0 saturated heterocycles. The van der Waals surface area contributed by atoms with E-state index in [0.717, 1.165) is 18.8 Å². The number of methoxy groups -OCH3 is 1. The van der Waals surface area contributed by atoms with Crippen molar-refractivity contribution in [2.75, 3.05) is 27.7 Å². The lowest BCUT2D eigenvalue weighted by Crippen LogP contribution is -2.24. The Kier molecular flexibility index (Phi) is 6.76. The zero-order valence-electron chi connectivity index (χ0n) is 12.1. The standard InChI is InChI=1S/C15H26N2O/c1-13(16-2)8-7-11-17(3)12-14-9-5-6-10-15(14)18-4/h5-6,9-10,13,16H,7-8,11-12H2,1-4H3. The number of para-hydroxylation sites is 1. The van der Waals surface area contributed by atoms with Gasteiger partial charge in [-0.05, 0) is 46.5 Å². The Labute approximate surface area is 111 Å². The molecule has 0 aromatic heterocycles. The van der Waals surface area contributed by atoms with Crippen LogP contribution < -0.4 is 10.1 Å². The number of ether oxygens (including phenoxy) is 1. The maximum atomic E-state index is 5.37. The van der Waals surface area contributed by atoms with E-state index < -0.39 is 0 Å². The lowest BCUT2D eigenvalue weighted by atomic mass is 10.1. The first-order chi connectivity index (χ1) is 8.67. The summed E-state index contributed by atoms with van der Waals surface area (Å²) in [6.45, 7) is 4.28. The second-order valence-electron chi connectivity index (χ2n) is 4.88. The van der Waals surface area contributed by atoms with Gasteiger partial charge in [-0.15, -0.1) is 0 Å². The molecule has 0 bridgehead atoms. The minimum Gasteiger partial charge on any atom is -0.496 e. The maximum absolute atomic E-state index is 5.37. The third-order valence-corrected chi connectivity index (χ3v) is 3.30. The highest BCUT2D eigenvalue weighted by molar-refractivity contribution is 5.32. The number of benzene rings is 1. The molecule has 0 spiro atoms. The first-order valence-electron chi connectivity index (χ1n) is 6.65. The summed E-state index contributed by atoms with van der Waals surface area (Å²) in [4.78, 5) is 2.35. The first kappa shape index (κ1) is 15.0. The summed E-state index contributed by atoms with van der Waals surface area (Å²) in [5, 5.41) is 3.27. The Morgan fingerprint density at radius 3 is 2.72 bits per heavy atom. The van der Waals surface area contributed by atoms with Gasteiger partial charge in [0.15, 0.2) is 0 Å². The van der Waals surface area contributed by atoms with E-state index in [-0.39, 0.29) is 0 Å². The van der Waals surface area contributed by atoms with Gasteiger partial charge < -0.3 is 15.0 Å². The Balaban J connectivity index is 2.37. The highest BCUT2D eigenvalue weighted by Gasteiger charge is 2.06. The number of hydrogen-bond acceptors (Lipinski definition) is 3. The van der Waals surface area contributed by atoms with Gasteiger partial charge in [-0.2, -0.15) is 0 Å². The smallest absolute Gasteiger partial charge is 0.123 e. The van der Waals surface area contributed by atoms with Crippen molar-refractivity contribution in [2.24, 2.45) is 0 Å². The van der Waals surface area contributed by atoms with Gasteiger partial charge in [-0.25, -0.2) is 0 Å². The van der Waals surface area contributed by atoms with Crippen LogP contribution in [0.5, 0.6) is 5.75 Å². The molecule has 0 aliphatic heterocycles. The molecule has 1 aromatic rings. The largest absolute Gasteiger partial charge is 0.496 e. The van der Waals surface area contributed by atoms with Crippen LogP contribution in [0.4, 0.5) is 0 Å². The predicted molar refractivity (Wildman–Crippen MR) is 77.1 cm³/mol. The highest BCUT2D eigenvalue weighted by atomic mass is 16.5. The van der Waals surface area contributed by atoms with E-state index in [0.29, 0.717) is 6.04 Å². The molecule has 0 aliphatic rings. The number of rotatable bonds is 8. The van der Waals surface area contributed by atoms with Crippen LogP contribution in [0.25, 0.3) is 0 Å². The molecule has 1 unspecified atom stereocenters. The van der Waals surface area contributed by atoms with Gasteiger partial charge in [0.25, 0.3) is 0 Å². The molecule has 18 heavy (non-hydrogen) atoms. The lowest BCUT2D eigenvalue weighted by Gasteiger charge is -2.19. The molecule has 0 radical (unpaired) electrons. The van der Waals surface area contributed by atoms with Crippen molar-refractivity contribution in [1.82, 2.24) is 10.2 Å². The van der Waals surface area contributed by atoms with E-state index in [1.54, 1.807) is 7.11 Å². The average molecular weight is 250 g/mol. The van der Waals surface area contributed by atoms with Crippen LogP contribution in [-0.4, -0.2) is 38.7 Å². The van der Waals surface area contributed by atoms with E-state index >= 15 is 0 Å². The van der Waals surface area contributed by atoms with Crippen LogP contribution in [0.2, 0.25) is 0 Å². The summed E-state index contributed by atoms with van der Waals surface area (Å²) in [5.74, 6) is 0.980. The van der Waals surface area contributed by atoms with Crippen molar-refractivity contribution in [3.05, 3.63) is 29.8 Å². The monoisotopic (exact) mass is 250 g/mol. The number of hydrogen-bond donors (Lipinski definition) is 1. The van der Waals surface area contributed by atoms with Crippen LogP contribution in [-0.2, 0) is 6.54 Å². The normalized spacial score (nSPS) is 12.7. The van der Waals surface area contributed by atoms with Crippen LogP contribution >= 0.6 is 0 Å². The van der Waals surface area contributed by atoms with Gasteiger partial charge in [0.2, 0.25) is 0 Å². The Hall–Kier alpha value is -1.06. The highest BCUT2D eigenvalue weighted by Crippen LogP contribution is 2.18. The molecule has 3 nitrogen and oxygen atoms in total. The number of nitrogens with zero attached hydrogens (tertiary/aromatic N) is 1. The molecular weight excluding hydrogens is 224 g/mol. The molecule has 0 aliphatic carbocycles. The van der Waals surface area contributed by atoms with Crippen molar-refractivity contribution in [1.29, 1.82) is 0 Å². The van der Waals surface area contributed by atoms with Crippen molar-refractivity contribution in [2.45, 2.75) is 32.4 Å². The second-order valence-corrected chi connectivity index (χ2v) is 4.88. The molecular formula is C15H26N2O. The number of nitrogens with one attached hydrogen (secondary N) is 1. The molecule has 1 aromatic carbocycles. The summed E-state index contributed by atoms with van der Waals surface area (Å²) < 4.78 is 5.37. The third kappa shape index (κ3) is 5.07. The van der Waals surface area contributed by atoms with Crippen molar-refractivity contribution >= 4 is 0 Å². The van der Waals surface area contributed by atoms with E-state index in [1.165, 1.54) is 18.4 Å².